The number of nitrogens with zero attached hydrogens (tertiary/aromatic N) is 2. The van der Waals surface area contributed by atoms with Crippen LogP contribution in [-0.4, -0.2) is 67.0 Å². The summed E-state index contributed by atoms with van der Waals surface area (Å²) in [7, 11) is 0. The maximum Gasteiger partial charge on any atom is 0.305 e. The van der Waals surface area contributed by atoms with Crippen LogP contribution in [0.2, 0.25) is 0 Å². The van der Waals surface area contributed by atoms with Crippen molar-refractivity contribution in [1.29, 1.82) is 0 Å². The van der Waals surface area contributed by atoms with Crippen LogP contribution < -0.4 is 5.73 Å². The van der Waals surface area contributed by atoms with Gasteiger partial charge in [-0.3, -0.25) is 4.79 Å². The molecule has 0 aromatic heterocycles. The Hall–Kier alpha value is -1.21. The van der Waals surface area contributed by atoms with Crippen LogP contribution in [0.25, 0.3) is 0 Å². The lowest BCUT2D eigenvalue weighted by molar-refractivity contribution is -0.143. The van der Waals surface area contributed by atoms with E-state index >= 15 is 0 Å². The molecule has 344 valence electrons. The molecule has 0 rings (SSSR count). The Morgan fingerprint density at radius 1 is 0.448 bits per heavy atom. The molecule has 6 nitrogen and oxygen atoms in total. The van der Waals surface area contributed by atoms with E-state index in [4.69, 9.17) is 10.5 Å². The van der Waals surface area contributed by atoms with Crippen molar-refractivity contribution < 1.29 is 14.7 Å². The third-order valence-corrected chi connectivity index (χ3v) is 11.8. The number of unbranched alkanes of at least 4 members (excludes halogenated alkanes) is 31. The molecule has 0 radical (unpaired) electrons. The van der Waals surface area contributed by atoms with Gasteiger partial charge in [0.2, 0.25) is 0 Å². The van der Waals surface area contributed by atoms with Crippen LogP contribution in [-0.2, 0) is 9.53 Å². The van der Waals surface area contributed by atoms with E-state index < -0.39 is 0 Å². The first kappa shape index (κ1) is 56.8. The van der Waals surface area contributed by atoms with Gasteiger partial charge < -0.3 is 20.6 Å². The molecule has 0 saturated heterocycles. The van der Waals surface area contributed by atoms with Crippen LogP contribution >= 0.6 is 0 Å². The summed E-state index contributed by atoms with van der Waals surface area (Å²) < 4.78 is 5.49. The van der Waals surface area contributed by atoms with E-state index in [1.54, 1.807) is 0 Å². The number of hydrogen-bond acceptors (Lipinski definition) is 6. The predicted molar refractivity (Wildman–Crippen MR) is 255 cm³/mol. The summed E-state index contributed by atoms with van der Waals surface area (Å²) >= 11 is 0. The molecule has 0 aliphatic rings. The predicted octanol–water partition coefficient (Wildman–Crippen LogP) is 15.5. The number of hydrogen-bond donors (Lipinski definition) is 2. The maximum absolute atomic E-state index is 12.1. The molecule has 0 spiro atoms. The monoisotopic (exact) mass is 818 g/mol. The van der Waals surface area contributed by atoms with Gasteiger partial charge in [-0.05, 0) is 83.7 Å². The normalized spacial score (nSPS) is 12.0. The van der Waals surface area contributed by atoms with Gasteiger partial charge in [0, 0.05) is 32.6 Å². The summed E-state index contributed by atoms with van der Waals surface area (Å²) in [6.07, 6.45) is 56.9. The Balaban J connectivity index is 3.45. The molecule has 0 atom stereocenters. The van der Waals surface area contributed by atoms with E-state index in [9.17, 15) is 10.0 Å². The van der Waals surface area contributed by atoms with Crippen LogP contribution in [0, 0.1) is 0 Å². The highest BCUT2D eigenvalue weighted by Gasteiger charge is 2.06. The molecule has 0 heterocycles. The van der Waals surface area contributed by atoms with Gasteiger partial charge >= 0.3 is 5.97 Å². The summed E-state index contributed by atoms with van der Waals surface area (Å²) in [4.78, 5) is 14.7. The topological polar surface area (TPSA) is 79.0 Å². The Morgan fingerprint density at radius 2 is 0.810 bits per heavy atom. The van der Waals surface area contributed by atoms with Crippen molar-refractivity contribution in [3.63, 3.8) is 0 Å². The summed E-state index contributed by atoms with van der Waals surface area (Å²) in [5.41, 5.74) is 5.92. The highest BCUT2D eigenvalue weighted by molar-refractivity contribution is 5.69. The molecule has 58 heavy (non-hydrogen) atoms. The molecule has 0 aromatic rings. The highest BCUT2D eigenvalue weighted by Crippen LogP contribution is 2.14. The number of ether oxygens (including phenoxy) is 1. The molecule has 0 aliphatic carbocycles. The van der Waals surface area contributed by atoms with Crippen molar-refractivity contribution in [3.8, 4) is 0 Å². The Morgan fingerprint density at radius 3 is 1.28 bits per heavy atom. The maximum atomic E-state index is 12.1. The molecule has 0 aromatic carbocycles. The lowest BCUT2D eigenvalue weighted by Gasteiger charge is -2.21. The average molecular weight is 818 g/mol. The van der Waals surface area contributed by atoms with Gasteiger partial charge in [-0.15, -0.1) is 0 Å². The van der Waals surface area contributed by atoms with Gasteiger partial charge in [-0.25, -0.2) is 0 Å². The second-order valence-electron chi connectivity index (χ2n) is 17.6. The first-order valence-electron chi connectivity index (χ1n) is 26.0. The molecule has 0 fully saturated rings. The second-order valence-corrected chi connectivity index (χ2v) is 17.6. The van der Waals surface area contributed by atoms with Crippen molar-refractivity contribution in [3.05, 3.63) is 24.3 Å². The van der Waals surface area contributed by atoms with Crippen LogP contribution in [0.3, 0.4) is 0 Å². The third kappa shape index (κ3) is 47.5. The van der Waals surface area contributed by atoms with E-state index in [1.807, 2.05) is 0 Å². The Kier molecular flexibility index (Phi) is 49.1. The summed E-state index contributed by atoms with van der Waals surface area (Å²) in [6, 6.07) is 0. The van der Waals surface area contributed by atoms with E-state index in [2.05, 4.69) is 43.1 Å². The number of rotatable bonds is 49. The van der Waals surface area contributed by atoms with Crippen molar-refractivity contribution in [2.24, 2.45) is 5.73 Å². The standard InChI is InChI=1S/C52H103N3O3/c1-3-5-7-9-11-13-15-16-17-18-19-20-21-27-33-39-46-54(50-45-53)47-40-34-28-23-24-31-37-43-51-58-52(56)44-38-32-26-25-30-36-42-49-55(57)48-41-35-29-22-14-12-10-8-6-4-2/h11,13,16-17,57H,3-10,12,14-15,18-51,53H2,1-2H3/b13-11-,17-16-. The van der Waals surface area contributed by atoms with Gasteiger partial charge in [-0.1, -0.05) is 205 Å². The molecule has 6 heteroatoms. The van der Waals surface area contributed by atoms with Crippen LogP contribution in [0.4, 0.5) is 0 Å². The van der Waals surface area contributed by atoms with Crippen molar-refractivity contribution in [1.82, 2.24) is 9.96 Å². The van der Waals surface area contributed by atoms with Gasteiger partial charge in [-0.2, -0.15) is 5.06 Å². The minimum Gasteiger partial charge on any atom is -0.466 e. The molecule has 0 unspecified atom stereocenters. The smallest absolute Gasteiger partial charge is 0.305 e. The van der Waals surface area contributed by atoms with Crippen molar-refractivity contribution >= 4 is 5.97 Å². The fraction of sp³-hybridized carbons (Fsp3) is 0.904. The number of allylic oxidation sites excluding steroid dienone is 4. The Bertz CT molecular complexity index is 850. The second kappa shape index (κ2) is 50.1. The minimum absolute atomic E-state index is 0.0138. The minimum atomic E-state index is -0.0138. The molecule has 3 N–H and O–H groups in total. The molecular weight excluding hydrogens is 715 g/mol. The molecule has 0 amide bonds. The lowest BCUT2D eigenvalue weighted by atomic mass is 10.1. The van der Waals surface area contributed by atoms with E-state index in [-0.39, 0.29) is 5.97 Å². The van der Waals surface area contributed by atoms with Gasteiger partial charge in [0.1, 0.15) is 0 Å². The Labute approximate surface area is 363 Å². The molecule has 0 saturated carbocycles. The number of esters is 1. The number of carbonyl (C=O) groups excluding carboxylic acids is 1. The van der Waals surface area contributed by atoms with Gasteiger partial charge in [0.05, 0.1) is 6.61 Å². The zero-order chi connectivity index (χ0) is 42.1. The van der Waals surface area contributed by atoms with Crippen molar-refractivity contribution in [2.75, 3.05) is 45.9 Å². The molecule has 0 bridgehead atoms. The fourth-order valence-corrected chi connectivity index (χ4v) is 7.94. The SMILES string of the molecule is CCCCC/C=C\C/C=C\CCCCCCCCN(CCN)CCCCCCCCCCOC(=O)CCCCCCCCCN(O)CCCCCCCCCCCC. The van der Waals surface area contributed by atoms with E-state index in [1.165, 1.54) is 217 Å². The van der Waals surface area contributed by atoms with Crippen LogP contribution in [0.1, 0.15) is 258 Å². The van der Waals surface area contributed by atoms with Crippen LogP contribution in [0.5, 0.6) is 0 Å². The quantitative estimate of drug-likeness (QED) is 0.0276. The van der Waals surface area contributed by atoms with Gasteiger partial charge in [0.15, 0.2) is 0 Å². The largest absolute Gasteiger partial charge is 0.466 e. The van der Waals surface area contributed by atoms with Crippen molar-refractivity contribution in [2.45, 2.75) is 258 Å². The summed E-state index contributed by atoms with van der Waals surface area (Å²) in [5, 5.41) is 11.7. The zero-order valence-electron chi connectivity index (χ0n) is 39.4. The first-order chi connectivity index (χ1) is 28.6. The third-order valence-electron chi connectivity index (χ3n) is 11.8. The average Bonchev–Trinajstić information content (AvgIpc) is 3.22. The first-order valence-corrected chi connectivity index (χ1v) is 26.0. The molecular formula is C52H103N3O3. The highest BCUT2D eigenvalue weighted by atomic mass is 16.5. The number of hydroxylamine groups is 2. The lowest BCUT2D eigenvalue weighted by Crippen LogP contribution is -2.31. The van der Waals surface area contributed by atoms with Gasteiger partial charge in [0.25, 0.3) is 0 Å². The number of nitrogens with two attached hydrogens (primary N) is 1. The van der Waals surface area contributed by atoms with E-state index in [0.717, 1.165) is 64.7 Å². The fourth-order valence-electron chi connectivity index (χ4n) is 7.94. The zero-order valence-corrected chi connectivity index (χ0v) is 39.4. The summed E-state index contributed by atoms with van der Waals surface area (Å²) in [5.74, 6) is -0.0138. The van der Waals surface area contributed by atoms with E-state index in [0.29, 0.717) is 13.0 Å². The number of carbonyl (C=O) groups is 1. The molecule has 0 aliphatic heterocycles. The van der Waals surface area contributed by atoms with Crippen LogP contribution in [0.15, 0.2) is 24.3 Å². The summed E-state index contributed by atoms with van der Waals surface area (Å²) in [6.45, 7) is 11.0.